The molecule has 4 aromatic carbocycles. The zero-order valence-corrected chi connectivity index (χ0v) is 30.3. The molecule has 1 N–H and O–H groups in total. The van der Waals surface area contributed by atoms with E-state index < -0.39 is 52.5 Å². The molecule has 1 saturated heterocycles. The molecular weight excluding hydrogens is 733 g/mol. The van der Waals surface area contributed by atoms with Gasteiger partial charge in [-0.3, -0.25) is 10.2 Å². The van der Waals surface area contributed by atoms with Crippen molar-refractivity contribution < 1.29 is 42.7 Å². The summed E-state index contributed by atoms with van der Waals surface area (Å²) in [5.41, 5.74) is 5.86. The number of benzene rings is 4. The average Bonchev–Trinajstić information content (AvgIpc) is 3.45. The number of nitrogens with one attached hydrogen (secondary N) is 1. The van der Waals surface area contributed by atoms with Crippen molar-refractivity contribution in [3.63, 3.8) is 0 Å². The van der Waals surface area contributed by atoms with Gasteiger partial charge in [0, 0.05) is 12.8 Å². The molecule has 0 aromatic heterocycles. The smallest absolute Gasteiger partial charge is 0.453 e. The Balaban J connectivity index is 1.28. The Morgan fingerprint density at radius 3 is 1.83 bits per heavy atom. The first-order valence-electron chi connectivity index (χ1n) is 16.5. The second-order valence-corrected chi connectivity index (χ2v) is 14.5. The maximum atomic E-state index is 13.7. The summed E-state index contributed by atoms with van der Waals surface area (Å²) in [5, 5.41) is 8.26. The highest BCUT2D eigenvalue weighted by atomic mass is 35.6. The van der Waals surface area contributed by atoms with Gasteiger partial charge in [-0.25, -0.2) is 4.79 Å². The lowest BCUT2D eigenvalue weighted by molar-refractivity contribution is -0.298. The van der Waals surface area contributed by atoms with Crippen LogP contribution in [0.2, 0.25) is 0 Å². The van der Waals surface area contributed by atoms with Gasteiger partial charge in [-0.05, 0) is 33.4 Å². The molecule has 0 spiro atoms. The second-order valence-electron chi connectivity index (χ2n) is 12.2. The van der Waals surface area contributed by atoms with Crippen LogP contribution in [0.3, 0.4) is 0 Å². The molecule has 0 unspecified atom stereocenters. The molecular formula is C39H36Cl3NO9. The van der Waals surface area contributed by atoms with Gasteiger partial charge in [0.15, 0.2) is 12.2 Å². The van der Waals surface area contributed by atoms with E-state index in [9.17, 15) is 9.59 Å². The van der Waals surface area contributed by atoms with Crippen molar-refractivity contribution in [2.75, 3.05) is 13.2 Å². The summed E-state index contributed by atoms with van der Waals surface area (Å²) < 4.78 is 39.5. The zero-order chi connectivity index (χ0) is 36.7. The lowest BCUT2D eigenvalue weighted by Crippen LogP contribution is -2.63. The molecule has 6 rings (SSSR count). The Bertz CT molecular complexity index is 1790. The minimum absolute atomic E-state index is 0.00925. The predicted octanol–water partition coefficient (Wildman–Crippen LogP) is 8.14. The van der Waals surface area contributed by atoms with Crippen molar-refractivity contribution in [2.24, 2.45) is 0 Å². The molecule has 0 radical (unpaired) electrons. The molecule has 0 amide bonds. The monoisotopic (exact) mass is 767 g/mol. The Morgan fingerprint density at radius 2 is 1.25 bits per heavy atom. The minimum atomic E-state index is -2.27. The zero-order valence-electron chi connectivity index (χ0n) is 28.0. The SMILES string of the molecule is CC(=O)O[C@H]1[C@@H](OC(=N)C(Cl)(Cl)Cl)O[C@H](COCc2ccccc2)[C@@H](OC(=O)OCC2c3ccccc3-c3ccccc32)[C@@H]1OCc1ccccc1. The molecule has 1 fully saturated rings. The third kappa shape index (κ3) is 9.25. The van der Waals surface area contributed by atoms with Crippen molar-refractivity contribution in [3.05, 3.63) is 131 Å². The molecule has 5 atom stereocenters. The minimum Gasteiger partial charge on any atom is -0.453 e. The fourth-order valence-electron chi connectivity index (χ4n) is 6.31. The van der Waals surface area contributed by atoms with E-state index in [1.165, 1.54) is 6.92 Å². The van der Waals surface area contributed by atoms with E-state index in [1.54, 1.807) is 0 Å². The van der Waals surface area contributed by atoms with E-state index >= 15 is 0 Å². The Labute approximate surface area is 316 Å². The van der Waals surface area contributed by atoms with Gasteiger partial charge in [0.05, 0.1) is 19.8 Å². The molecule has 0 bridgehead atoms. The van der Waals surface area contributed by atoms with E-state index in [-0.39, 0.29) is 32.3 Å². The van der Waals surface area contributed by atoms with Gasteiger partial charge in [-0.15, -0.1) is 0 Å². The van der Waals surface area contributed by atoms with Crippen LogP contribution in [0.1, 0.15) is 35.1 Å². The number of alkyl halides is 3. The van der Waals surface area contributed by atoms with Gasteiger partial charge in [-0.2, -0.15) is 0 Å². The third-order valence-corrected chi connectivity index (χ3v) is 9.14. The molecule has 4 aromatic rings. The fourth-order valence-corrected chi connectivity index (χ4v) is 6.44. The first-order chi connectivity index (χ1) is 25.1. The van der Waals surface area contributed by atoms with Gasteiger partial charge >= 0.3 is 12.1 Å². The molecule has 1 heterocycles. The number of rotatable bonds is 12. The third-order valence-electron chi connectivity index (χ3n) is 8.63. The Morgan fingerprint density at radius 1 is 0.692 bits per heavy atom. The number of hydrogen-bond donors (Lipinski definition) is 1. The number of carbonyl (C=O) groups is 2. The average molecular weight is 769 g/mol. The summed E-state index contributed by atoms with van der Waals surface area (Å²) in [7, 11) is 0. The molecule has 13 heteroatoms. The van der Waals surface area contributed by atoms with E-state index in [4.69, 9.17) is 73.4 Å². The quantitative estimate of drug-likeness (QED) is 0.0659. The normalized spacial score (nSPS) is 21.0. The summed E-state index contributed by atoms with van der Waals surface area (Å²) in [6, 6.07) is 34.6. The molecule has 1 aliphatic carbocycles. The highest BCUT2D eigenvalue weighted by Gasteiger charge is 2.53. The molecule has 1 aliphatic heterocycles. The maximum absolute atomic E-state index is 13.7. The summed E-state index contributed by atoms with van der Waals surface area (Å²) in [4.78, 5) is 26.1. The van der Waals surface area contributed by atoms with Gasteiger partial charge in [-0.1, -0.05) is 144 Å². The Kier molecular flexibility index (Phi) is 12.4. The molecule has 0 saturated carbocycles. The van der Waals surface area contributed by atoms with Gasteiger partial charge < -0.3 is 33.2 Å². The van der Waals surface area contributed by atoms with Crippen LogP contribution >= 0.6 is 34.8 Å². The Hall–Kier alpha value is -4.16. The standard InChI is InChI=1S/C39H36Cl3NO9/c1-24(44)49-35-34(47-21-26-14-6-3-7-15-26)33(32(23-46-20-25-12-4-2-5-13-25)50-36(35)52-37(43)39(40,41)42)51-38(45)48-22-31-29-18-10-8-16-27(29)28-17-9-11-19-30(28)31/h2-19,31-36,43H,20-23H2,1H3/t32-,33-,34+,35-,36-/m1/s1. The van der Waals surface area contributed by atoms with Crippen LogP contribution in [0.4, 0.5) is 4.79 Å². The van der Waals surface area contributed by atoms with Crippen LogP contribution in [0.25, 0.3) is 11.1 Å². The maximum Gasteiger partial charge on any atom is 0.508 e. The fraction of sp³-hybridized carbons (Fsp3) is 0.308. The second kappa shape index (κ2) is 17.1. The van der Waals surface area contributed by atoms with Gasteiger partial charge in [0.1, 0.15) is 18.8 Å². The van der Waals surface area contributed by atoms with Crippen LogP contribution in [0.15, 0.2) is 109 Å². The van der Waals surface area contributed by atoms with Crippen LogP contribution in [0.5, 0.6) is 0 Å². The topological polar surface area (TPSA) is 123 Å². The van der Waals surface area contributed by atoms with Crippen molar-refractivity contribution in [1.82, 2.24) is 0 Å². The van der Waals surface area contributed by atoms with E-state index in [2.05, 4.69) is 0 Å². The predicted molar refractivity (Wildman–Crippen MR) is 194 cm³/mol. The van der Waals surface area contributed by atoms with Crippen LogP contribution < -0.4 is 0 Å². The summed E-state index contributed by atoms with van der Waals surface area (Å²) in [6.07, 6.45) is -7.51. The number of hydrogen-bond acceptors (Lipinski definition) is 10. The highest BCUT2D eigenvalue weighted by Crippen LogP contribution is 2.44. The summed E-state index contributed by atoms with van der Waals surface area (Å²) in [5.74, 6) is -1.74. The lowest BCUT2D eigenvalue weighted by atomic mass is 9.98. The van der Waals surface area contributed by atoms with Crippen molar-refractivity contribution in [1.29, 1.82) is 5.41 Å². The number of fused-ring (bicyclic) bond motifs is 3. The van der Waals surface area contributed by atoms with Crippen LogP contribution in [-0.2, 0) is 51.2 Å². The summed E-state index contributed by atoms with van der Waals surface area (Å²) >= 11 is 17.8. The van der Waals surface area contributed by atoms with Crippen molar-refractivity contribution in [2.45, 2.75) is 60.6 Å². The van der Waals surface area contributed by atoms with Gasteiger partial charge in [0.25, 0.3) is 3.79 Å². The molecule has 10 nitrogen and oxygen atoms in total. The number of halogens is 3. The summed E-state index contributed by atoms with van der Waals surface area (Å²) in [6.45, 7) is 1.23. The number of esters is 1. The molecule has 52 heavy (non-hydrogen) atoms. The first kappa shape index (κ1) is 37.6. The van der Waals surface area contributed by atoms with Crippen LogP contribution in [-0.4, -0.2) is 65.7 Å². The largest absolute Gasteiger partial charge is 0.508 e. The van der Waals surface area contributed by atoms with E-state index in [1.807, 2.05) is 109 Å². The van der Waals surface area contributed by atoms with E-state index in [0.717, 1.165) is 33.4 Å². The number of carbonyl (C=O) groups excluding carboxylic acids is 2. The van der Waals surface area contributed by atoms with Crippen molar-refractivity contribution in [3.8, 4) is 11.1 Å². The molecule has 272 valence electrons. The van der Waals surface area contributed by atoms with Crippen molar-refractivity contribution >= 4 is 52.8 Å². The van der Waals surface area contributed by atoms with Crippen LogP contribution in [0, 0.1) is 5.41 Å². The lowest BCUT2D eigenvalue weighted by Gasteiger charge is -2.44. The highest BCUT2D eigenvalue weighted by molar-refractivity contribution is 6.76. The molecule has 2 aliphatic rings. The van der Waals surface area contributed by atoms with Gasteiger partial charge in [0.2, 0.25) is 12.2 Å². The van der Waals surface area contributed by atoms with E-state index in [0.29, 0.717) is 0 Å². The number of ether oxygens (including phenoxy) is 7. The first-order valence-corrected chi connectivity index (χ1v) is 17.7.